The Bertz CT molecular complexity index is 873. The molecule has 0 aliphatic rings. The Hall–Kier alpha value is -3.15. The van der Waals surface area contributed by atoms with Crippen molar-refractivity contribution in [2.45, 2.75) is 13.3 Å². The summed E-state index contributed by atoms with van der Waals surface area (Å²) in [5.41, 5.74) is 1.89. The molecule has 0 spiro atoms. The molecule has 0 saturated carbocycles. The Morgan fingerprint density at radius 2 is 1.80 bits per heavy atom. The molecule has 0 unspecified atom stereocenters. The van der Waals surface area contributed by atoms with E-state index in [0.717, 1.165) is 11.1 Å². The van der Waals surface area contributed by atoms with E-state index in [0.29, 0.717) is 17.8 Å². The summed E-state index contributed by atoms with van der Waals surface area (Å²) in [6, 6.07) is 16.5. The molecule has 0 aliphatic heterocycles. The quantitative estimate of drug-likeness (QED) is 0.646. The second kappa shape index (κ2) is 7.61. The number of hydrogen-bond acceptors (Lipinski definition) is 5. The van der Waals surface area contributed by atoms with Crippen molar-refractivity contribution in [3.63, 3.8) is 0 Å². The van der Waals surface area contributed by atoms with Gasteiger partial charge >= 0.3 is 5.97 Å². The van der Waals surface area contributed by atoms with Crippen molar-refractivity contribution in [2.75, 3.05) is 18.1 Å². The van der Waals surface area contributed by atoms with Crippen LogP contribution < -0.4 is 4.90 Å². The number of esters is 1. The smallest absolute Gasteiger partial charge is 0.312 e. The van der Waals surface area contributed by atoms with Crippen LogP contribution in [-0.2, 0) is 20.7 Å². The van der Waals surface area contributed by atoms with Crippen molar-refractivity contribution >= 4 is 28.5 Å². The van der Waals surface area contributed by atoms with Crippen LogP contribution >= 0.6 is 0 Å². The fourth-order valence-corrected chi connectivity index (χ4v) is 2.58. The highest BCUT2D eigenvalue weighted by Gasteiger charge is 2.18. The molecule has 6 nitrogen and oxygen atoms in total. The number of para-hydroxylation sites is 2. The number of benzene rings is 2. The first-order chi connectivity index (χ1) is 12.2. The summed E-state index contributed by atoms with van der Waals surface area (Å²) in [6.45, 7) is 2.06. The molecule has 1 amide bonds. The summed E-state index contributed by atoms with van der Waals surface area (Å²) >= 11 is 0. The summed E-state index contributed by atoms with van der Waals surface area (Å²) < 4.78 is 10.3. The van der Waals surface area contributed by atoms with Gasteiger partial charge in [-0.15, -0.1) is 0 Å². The number of amides is 1. The monoisotopic (exact) mass is 338 g/mol. The number of carbonyl (C=O) groups is 2. The Kier molecular flexibility index (Phi) is 5.09. The fourth-order valence-electron chi connectivity index (χ4n) is 2.58. The summed E-state index contributed by atoms with van der Waals surface area (Å²) in [7, 11) is 0. The molecule has 0 aliphatic carbocycles. The van der Waals surface area contributed by atoms with Gasteiger partial charge in [0.25, 0.3) is 5.91 Å². The van der Waals surface area contributed by atoms with Crippen molar-refractivity contribution in [2.24, 2.45) is 0 Å². The molecule has 0 bridgehead atoms. The van der Waals surface area contributed by atoms with Crippen LogP contribution in [0.5, 0.6) is 0 Å². The van der Waals surface area contributed by atoms with Gasteiger partial charge in [-0.3, -0.25) is 9.59 Å². The van der Waals surface area contributed by atoms with Crippen molar-refractivity contribution in [1.29, 1.82) is 0 Å². The Balaban J connectivity index is 1.59. The molecule has 2 aromatic carbocycles. The van der Waals surface area contributed by atoms with Crippen LogP contribution in [0.3, 0.4) is 0 Å². The number of carbonyl (C=O) groups excluding carboxylic acids is 2. The van der Waals surface area contributed by atoms with E-state index in [1.54, 1.807) is 11.0 Å². The van der Waals surface area contributed by atoms with Crippen LogP contribution in [0, 0.1) is 0 Å². The normalized spacial score (nSPS) is 10.6. The highest BCUT2D eigenvalue weighted by atomic mass is 16.5. The summed E-state index contributed by atoms with van der Waals surface area (Å²) in [4.78, 5) is 25.9. The Labute approximate surface area is 145 Å². The summed E-state index contributed by atoms with van der Waals surface area (Å²) in [5, 5.41) is 4.66. The second-order valence-electron chi connectivity index (χ2n) is 5.44. The van der Waals surface area contributed by atoms with Crippen LogP contribution in [0.15, 0.2) is 59.1 Å². The fraction of sp³-hybridized carbons (Fsp3) is 0.211. The van der Waals surface area contributed by atoms with Gasteiger partial charge in [0.1, 0.15) is 5.69 Å². The zero-order chi connectivity index (χ0) is 17.6. The lowest BCUT2D eigenvalue weighted by molar-refractivity contribution is -0.147. The van der Waals surface area contributed by atoms with Crippen molar-refractivity contribution < 1.29 is 18.8 Å². The third-order valence-electron chi connectivity index (χ3n) is 3.81. The molecule has 0 saturated heterocycles. The van der Waals surface area contributed by atoms with E-state index in [-0.39, 0.29) is 18.9 Å². The Morgan fingerprint density at radius 1 is 1.08 bits per heavy atom. The van der Waals surface area contributed by atoms with E-state index in [9.17, 15) is 9.59 Å². The van der Waals surface area contributed by atoms with E-state index in [2.05, 4.69) is 5.16 Å². The molecular weight excluding hydrogens is 320 g/mol. The topological polar surface area (TPSA) is 72.6 Å². The van der Waals surface area contributed by atoms with Crippen molar-refractivity contribution in [3.05, 3.63) is 60.3 Å². The largest absolute Gasteiger partial charge is 0.455 e. The molecule has 6 heteroatoms. The number of nitrogens with zero attached hydrogens (tertiary/aromatic N) is 2. The van der Waals surface area contributed by atoms with E-state index < -0.39 is 5.97 Å². The highest BCUT2D eigenvalue weighted by Crippen LogP contribution is 2.18. The van der Waals surface area contributed by atoms with Crippen LogP contribution in [0.1, 0.15) is 12.6 Å². The number of likely N-dealkylation sites (N-methyl/N-ethyl adjacent to an activating group) is 1. The van der Waals surface area contributed by atoms with E-state index in [1.165, 1.54) is 0 Å². The van der Waals surface area contributed by atoms with Crippen LogP contribution in [0.2, 0.25) is 0 Å². The van der Waals surface area contributed by atoms with Crippen molar-refractivity contribution in [3.8, 4) is 0 Å². The second-order valence-corrected chi connectivity index (χ2v) is 5.44. The van der Waals surface area contributed by atoms with Crippen LogP contribution in [-0.4, -0.2) is 30.2 Å². The predicted molar refractivity (Wildman–Crippen MR) is 93.1 cm³/mol. The van der Waals surface area contributed by atoms with Gasteiger partial charge in [-0.2, -0.15) is 0 Å². The first-order valence-corrected chi connectivity index (χ1v) is 8.03. The molecule has 1 heterocycles. The molecule has 0 atom stereocenters. The summed E-state index contributed by atoms with van der Waals surface area (Å²) in [6.07, 6.45) is -0.0399. The lowest BCUT2D eigenvalue weighted by Gasteiger charge is -2.20. The molecule has 3 aromatic rings. The van der Waals surface area contributed by atoms with Gasteiger partial charge in [0, 0.05) is 17.6 Å². The average Bonchev–Trinajstić information content (AvgIpc) is 3.04. The van der Waals surface area contributed by atoms with Crippen molar-refractivity contribution in [1.82, 2.24) is 5.16 Å². The highest BCUT2D eigenvalue weighted by molar-refractivity contribution is 5.95. The molecule has 3 rings (SSSR count). The maximum absolute atomic E-state index is 12.3. The zero-order valence-corrected chi connectivity index (χ0v) is 13.8. The molecular formula is C19H18N2O4. The standard InChI is InChI=1S/C19H18N2O4/c1-2-21(14-8-4-3-5-9-14)18(22)13-24-19(23)12-16-15-10-6-7-11-17(15)25-20-16/h3-11H,2,12-13H2,1H3. The van der Waals surface area contributed by atoms with Crippen LogP contribution in [0.25, 0.3) is 11.0 Å². The molecule has 0 fully saturated rings. The lowest BCUT2D eigenvalue weighted by Crippen LogP contribution is -2.34. The number of hydrogen-bond donors (Lipinski definition) is 0. The number of anilines is 1. The number of aromatic nitrogens is 1. The number of ether oxygens (including phenoxy) is 1. The average molecular weight is 338 g/mol. The summed E-state index contributed by atoms with van der Waals surface area (Å²) in [5.74, 6) is -0.788. The van der Waals surface area contributed by atoms with Gasteiger partial charge in [-0.25, -0.2) is 0 Å². The molecule has 0 N–H and O–H groups in total. The van der Waals surface area contributed by atoms with Gasteiger partial charge in [0.15, 0.2) is 12.2 Å². The van der Waals surface area contributed by atoms with E-state index >= 15 is 0 Å². The minimum atomic E-state index is -0.517. The van der Waals surface area contributed by atoms with Crippen LogP contribution in [0.4, 0.5) is 5.69 Å². The first kappa shape index (κ1) is 16.7. The third-order valence-corrected chi connectivity index (χ3v) is 3.81. The first-order valence-electron chi connectivity index (χ1n) is 8.03. The lowest BCUT2D eigenvalue weighted by atomic mass is 10.2. The van der Waals surface area contributed by atoms with Gasteiger partial charge in [-0.1, -0.05) is 35.5 Å². The maximum Gasteiger partial charge on any atom is 0.312 e. The molecule has 128 valence electrons. The maximum atomic E-state index is 12.3. The zero-order valence-electron chi connectivity index (χ0n) is 13.8. The molecule has 25 heavy (non-hydrogen) atoms. The Morgan fingerprint density at radius 3 is 2.56 bits per heavy atom. The predicted octanol–water partition coefficient (Wildman–Crippen LogP) is 2.97. The van der Waals surface area contributed by atoms with Gasteiger partial charge in [-0.05, 0) is 31.2 Å². The SMILES string of the molecule is CCN(C(=O)COC(=O)Cc1noc2ccccc12)c1ccccc1. The number of fused-ring (bicyclic) bond motifs is 1. The minimum absolute atomic E-state index is 0.0399. The van der Waals surface area contributed by atoms with E-state index in [4.69, 9.17) is 9.26 Å². The minimum Gasteiger partial charge on any atom is -0.455 e. The van der Waals surface area contributed by atoms with Gasteiger partial charge < -0.3 is 14.2 Å². The van der Waals surface area contributed by atoms with Gasteiger partial charge in [0.05, 0.1) is 6.42 Å². The van der Waals surface area contributed by atoms with Gasteiger partial charge in [0.2, 0.25) is 0 Å². The van der Waals surface area contributed by atoms with E-state index in [1.807, 2.05) is 55.5 Å². The third kappa shape index (κ3) is 3.85. The molecule has 1 aromatic heterocycles. The number of rotatable bonds is 6. The molecule has 0 radical (unpaired) electrons.